The van der Waals surface area contributed by atoms with Crippen molar-refractivity contribution in [3.05, 3.63) is 206 Å². The van der Waals surface area contributed by atoms with Crippen LogP contribution in [0.1, 0.15) is 25.7 Å². The van der Waals surface area contributed by atoms with Crippen molar-refractivity contribution in [3.8, 4) is 0 Å². The van der Waals surface area contributed by atoms with Crippen LogP contribution in [-0.2, 0) is 20.1 Å². The molecular formula is C44H42ClIrO4P2-. The van der Waals surface area contributed by atoms with Crippen molar-refractivity contribution in [1.82, 2.24) is 0 Å². The zero-order valence-corrected chi connectivity index (χ0v) is 33.6. The predicted octanol–water partition coefficient (Wildman–Crippen LogP) is 4.80. The molecular weight excluding hydrogens is 882 g/mol. The molecule has 6 aromatic rings. The summed E-state index contributed by atoms with van der Waals surface area (Å²) >= 11 is 0. The quantitative estimate of drug-likeness (QED) is 0.178. The molecule has 52 heavy (non-hydrogen) atoms. The zero-order valence-electron chi connectivity index (χ0n) is 28.7. The van der Waals surface area contributed by atoms with Crippen LogP contribution in [0.4, 0.5) is 0 Å². The Bertz CT molecular complexity index is 1490. The van der Waals surface area contributed by atoms with Crippen molar-refractivity contribution in [2.24, 2.45) is 0 Å². The van der Waals surface area contributed by atoms with Crippen LogP contribution in [0, 0.1) is 10.2 Å². The number of halogens is 1. The van der Waals surface area contributed by atoms with Crippen LogP contribution in [0.2, 0.25) is 0 Å². The van der Waals surface area contributed by atoms with Crippen LogP contribution in [0.3, 0.4) is 0 Å². The predicted molar refractivity (Wildman–Crippen MR) is 207 cm³/mol. The van der Waals surface area contributed by atoms with Crippen molar-refractivity contribution < 1.29 is 49.0 Å². The van der Waals surface area contributed by atoms with E-state index in [4.69, 9.17) is 18.6 Å². The van der Waals surface area contributed by atoms with Crippen molar-refractivity contribution in [2.75, 3.05) is 0 Å². The van der Waals surface area contributed by atoms with Gasteiger partial charge < -0.3 is 0 Å². The third-order valence-electron chi connectivity index (χ3n) is 7.42. The molecule has 0 saturated heterocycles. The summed E-state index contributed by atoms with van der Waals surface area (Å²) in [6, 6.07) is 64.7. The van der Waals surface area contributed by atoms with Crippen LogP contribution in [0.5, 0.6) is 0 Å². The molecule has 0 atom stereocenters. The number of allylic oxidation sites excluding steroid dienone is 4. The molecule has 1 aliphatic rings. The molecule has 0 aromatic heterocycles. The molecule has 0 aliphatic heterocycles. The SMILES string of the molecule is C1=C\CC/C=C\CC/1.[Ir].[O-][Cl+3]([O-])([O-])[O-].c1ccc(P(c2ccccc2)c2ccccc2)cc1.c1ccc(P(c2ccccc2)c2ccccc2)cc1. The molecule has 269 valence electrons. The fourth-order valence-corrected chi connectivity index (χ4v) is 9.82. The minimum absolute atomic E-state index is 0. The number of benzene rings is 6. The Morgan fingerprint density at radius 3 is 0.558 bits per heavy atom. The summed E-state index contributed by atoms with van der Waals surface area (Å²) in [5, 5.41) is 8.39. The Balaban J connectivity index is 0.000000208. The zero-order chi connectivity index (χ0) is 36.0. The first-order valence-electron chi connectivity index (χ1n) is 16.7. The van der Waals surface area contributed by atoms with E-state index in [2.05, 4.69) is 206 Å². The van der Waals surface area contributed by atoms with E-state index in [9.17, 15) is 0 Å². The molecule has 8 heteroatoms. The van der Waals surface area contributed by atoms with Gasteiger partial charge in [-0.05, 0) is 73.4 Å². The molecule has 0 fully saturated rings. The molecule has 4 nitrogen and oxygen atoms in total. The fourth-order valence-electron chi connectivity index (χ4n) is 5.21. The second-order valence-corrected chi connectivity index (χ2v) is 16.4. The minimum Gasteiger partial charge on any atom is -0.222 e. The number of hydrogen-bond donors (Lipinski definition) is 0. The molecule has 0 bridgehead atoms. The summed E-state index contributed by atoms with van der Waals surface area (Å²) in [6.07, 6.45) is 14.0. The summed E-state index contributed by atoms with van der Waals surface area (Å²) in [6.45, 7) is 0. The molecule has 0 saturated carbocycles. The smallest absolute Gasteiger partial charge is 0 e. The van der Waals surface area contributed by atoms with Gasteiger partial charge in [-0.3, -0.25) is 0 Å². The Labute approximate surface area is 326 Å². The maximum absolute atomic E-state index is 8.49. The van der Waals surface area contributed by atoms with Gasteiger partial charge in [-0.25, -0.2) is 18.6 Å². The van der Waals surface area contributed by atoms with Gasteiger partial charge in [0.1, 0.15) is 0 Å². The maximum atomic E-state index is 8.49. The van der Waals surface area contributed by atoms with E-state index in [1.165, 1.54) is 57.5 Å². The van der Waals surface area contributed by atoms with Crippen LogP contribution >= 0.6 is 15.8 Å². The summed E-state index contributed by atoms with van der Waals surface area (Å²) in [7, 11) is -5.84. The monoisotopic (exact) mass is 924 g/mol. The average molecular weight is 924 g/mol. The van der Waals surface area contributed by atoms with Crippen molar-refractivity contribution in [2.45, 2.75) is 25.7 Å². The molecule has 7 rings (SSSR count). The van der Waals surface area contributed by atoms with E-state index < -0.39 is 26.1 Å². The van der Waals surface area contributed by atoms with Gasteiger partial charge in [-0.1, -0.05) is 206 Å². The topological polar surface area (TPSA) is 92.2 Å². The van der Waals surface area contributed by atoms with Gasteiger partial charge in [-0.15, -0.1) is 10.2 Å². The van der Waals surface area contributed by atoms with E-state index in [1.807, 2.05) is 0 Å². The van der Waals surface area contributed by atoms with E-state index in [1.54, 1.807) is 0 Å². The van der Waals surface area contributed by atoms with Gasteiger partial charge in [0.05, 0.1) is 0 Å². The summed E-state index contributed by atoms with van der Waals surface area (Å²) in [5.74, 6) is 0. The second kappa shape index (κ2) is 24.6. The van der Waals surface area contributed by atoms with Gasteiger partial charge >= 0.3 is 0 Å². The van der Waals surface area contributed by atoms with Gasteiger partial charge in [0.25, 0.3) is 0 Å². The fraction of sp³-hybridized carbons (Fsp3) is 0.0909. The third-order valence-corrected chi connectivity index (χ3v) is 12.3. The van der Waals surface area contributed by atoms with Gasteiger partial charge in [0.2, 0.25) is 0 Å². The minimum atomic E-state index is -4.94. The van der Waals surface area contributed by atoms with E-state index in [0.29, 0.717) is 0 Å². The number of rotatable bonds is 6. The molecule has 1 aliphatic carbocycles. The summed E-state index contributed by atoms with van der Waals surface area (Å²) in [4.78, 5) is 0. The van der Waals surface area contributed by atoms with Crippen molar-refractivity contribution in [1.29, 1.82) is 0 Å². The Morgan fingerprint density at radius 2 is 0.423 bits per heavy atom. The molecule has 0 unspecified atom stereocenters. The van der Waals surface area contributed by atoms with E-state index in [-0.39, 0.29) is 20.1 Å². The summed E-state index contributed by atoms with van der Waals surface area (Å²) < 4.78 is 34.0. The molecule has 6 aromatic carbocycles. The molecule has 1 radical (unpaired) electrons. The van der Waals surface area contributed by atoms with Gasteiger partial charge in [0, 0.05) is 20.1 Å². The van der Waals surface area contributed by atoms with E-state index >= 15 is 0 Å². The molecule has 0 N–H and O–H groups in total. The largest absolute Gasteiger partial charge is 0.222 e. The molecule has 0 spiro atoms. The maximum Gasteiger partial charge on any atom is 0 e. The normalized spacial score (nSPS) is 13.2. The van der Waals surface area contributed by atoms with E-state index in [0.717, 1.165) is 0 Å². The first-order valence-corrected chi connectivity index (χ1v) is 20.6. The first kappa shape index (κ1) is 42.8. The van der Waals surface area contributed by atoms with Crippen LogP contribution in [0.15, 0.2) is 206 Å². The second-order valence-electron chi connectivity index (χ2n) is 11.2. The number of hydrogen-bond acceptors (Lipinski definition) is 4. The van der Waals surface area contributed by atoms with Gasteiger partial charge in [-0.2, -0.15) is 0 Å². The van der Waals surface area contributed by atoms with Crippen LogP contribution < -0.4 is 50.5 Å². The molecule has 0 amide bonds. The third kappa shape index (κ3) is 16.4. The average Bonchev–Trinajstić information content (AvgIpc) is 3.14. The summed E-state index contributed by atoms with van der Waals surface area (Å²) in [5.41, 5.74) is 0. The van der Waals surface area contributed by atoms with Crippen molar-refractivity contribution in [3.63, 3.8) is 0 Å². The van der Waals surface area contributed by atoms with Crippen LogP contribution in [-0.4, -0.2) is 0 Å². The Kier molecular flexibility index (Phi) is 20.3. The Morgan fingerprint density at radius 1 is 0.288 bits per heavy atom. The Hall–Kier alpha value is -3.56. The standard InChI is InChI=1S/2C18H15P.C8H12.ClHO4.Ir/c2*1-4-10-16(11-5-1)19(17-12-6-2-7-13-17)18-14-8-3-9-15-18;1-2-4-6-8-7-5-3-1;2-1(3,4)5;/h2*1-15H;1-2,7-8H,3-6H2;(H,2,3,4,5);/p-1/b;;2-1-,8-7-;;. The van der Waals surface area contributed by atoms with Crippen molar-refractivity contribution >= 4 is 47.7 Å². The van der Waals surface area contributed by atoms with Crippen LogP contribution in [0.25, 0.3) is 0 Å². The molecule has 0 heterocycles. The van der Waals surface area contributed by atoms with Gasteiger partial charge in [0.15, 0.2) is 0 Å². The first-order chi connectivity index (χ1) is 24.9.